The van der Waals surface area contributed by atoms with Crippen molar-refractivity contribution in [3.8, 4) is 23.2 Å². The monoisotopic (exact) mass is 333 g/mol. The lowest BCUT2D eigenvalue weighted by Gasteiger charge is -2.14. The van der Waals surface area contributed by atoms with Gasteiger partial charge >= 0.3 is 0 Å². The molecule has 2 atom stereocenters. The third kappa shape index (κ3) is 2.83. The Bertz CT molecular complexity index is 972. The van der Waals surface area contributed by atoms with Crippen LogP contribution in [0, 0.1) is 18.3 Å². The highest BCUT2D eigenvalue weighted by atomic mass is 16.5. The number of hydrogen-bond acceptors (Lipinski definition) is 5. The second-order valence-corrected chi connectivity index (χ2v) is 6.50. The van der Waals surface area contributed by atoms with Crippen molar-refractivity contribution in [2.75, 3.05) is 0 Å². The lowest BCUT2D eigenvalue weighted by molar-refractivity contribution is 0.197. The first-order chi connectivity index (χ1) is 12.2. The fourth-order valence-electron chi connectivity index (χ4n) is 3.41. The molecule has 2 aromatic heterocycles. The van der Waals surface area contributed by atoms with Gasteiger partial charge in [-0.1, -0.05) is 12.1 Å². The van der Waals surface area contributed by atoms with Crippen LogP contribution >= 0.6 is 0 Å². The quantitative estimate of drug-likeness (QED) is 0.767. The van der Waals surface area contributed by atoms with Gasteiger partial charge in [0.15, 0.2) is 0 Å². The summed E-state index contributed by atoms with van der Waals surface area (Å²) in [5.41, 5.74) is 9.82. The standard InChI is InChI=1S/C19H19N5O/c1-11-19(25-14-6-5-13(21)7-14)23-10-17(24-11)16-9-22-18-12(8-20)3-2-4-15(16)18/h2-4,9-10,13-14,22H,5-7,21H2,1H3. The summed E-state index contributed by atoms with van der Waals surface area (Å²) in [7, 11) is 0. The number of H-pyrrole nitrogens is 1. The number of aromatic amines is 1. The van der Waals surface area contributed by atoms with Crippen molar-refractivity contribution in [3.63, 3.8) is 0 Å². The molecule has 0 aliphatic heterocycles. The lowest BCUT2D eigenvalue weighted by Crippen LogP contribution is -2.19. The molecular weight excluding hydrogens is 314 g/mol. The summed E-state index contributed by atoms with van der Waals surface area (Å²) in [6, 6.07) is 8.07. The SMILES string of the molecule is Cc1nc(-c2c[nH]c3c(C#N)cccc23)cnc1OC1CCC(N)C1. The van der Waals surface area contributed by atoms with Gasteiger partial charge in [-0.2, -0.15) is 5.26 Å². The van der Waals surface area contributed by atoms with Gasteiger partial charge in [0.2, 0.25) is 5.88 Å². The predicted molar refractivity (Wildman–Crippen MR) is 95.0 cm³/mol. The second kappa shape index (κ2) is 6.19. The average Bonchev–Trinajstić information content (AvgIpc) is 3.22. The molecule has 3 aromatic rings. The van der Waals surface area contributed by atoms with E-state index in [0.29, 0.717) is 11.4 Å². The lowest BCUT2D eigenvalue weighted by atomic mass is 10.1. The van der Waals surface area contributed by atoms with E-state index in [1.54, 1.807) is 12.3 Å². The van der Waals surface area contributed by atoms with Gasteiger partial charge in [-0.3, -0.25) is 0 Å². The minimum absolute atomic E-state index is 0.125. The number of aryl methyl sites for hydroxylation is 1. The van der Waals surface area contributed by atoms with Crippen LogP contribution in [0.15, 0.2) is 30.6 Å². The van der Waals surface area contributed by atoms with Crippen molar-refractivity contribution in [2.24, 2.45) is 5.73 Å². The van der Waals surface area contributed by atoms with Crippen LogP contribution < -0.4 is 10.5 Å². The van der Waals surface area contributed by atoms with Gasteiger partial charge in [-0.25, -0.2) is 9.97 Å². The van der Waals surface area contributed by atoms with Crippen LogP contribution in [0.1, 0.15) is 30.5 Å². The Kier molecular flexibility index (Phi) is 3.86. The Hall–Kier alpha value is -2.91. The van der Waals surface area contributed by atoms with Gasteiger partial charge in [-0.05, 0) is 32.3 Å². The van der Waals surface area contributed by atoms with Crippen molar-refractivity contribution in [1.29, 1.82) is 5.26 Å². The van der Waals surface area contributed by atoms with Crippen LogP contribution in [0.2, 0.25) is 0 Å². The molecule has 0 amide bonds. The van der Waals surface area contributed by atoms with E-state index in [-0.39, 0.29) is 12.1 Å². The van der Waals surface area contributed by atoms with E-state index in [1.165, 1.54) is 0 Å². The van der Waals surface area contributed by atoms with Gasteiger partial charge < -0.3 is 15.5 Å². The Morgan fingerprint density at radius 1 is 1.36 bits per heavy atom. The first kappa shape index (κ1) is 15.6. The molecule has 4 rings (SSSR count). The molecule has 0 spiro atoms. The number of fused-ring (bicyclic) bond motifs is 1. The maximum Gasteiger partial charge on any atom is 0.235 e. The first-order valence-electron chi connectivity index (χ1n) is 8.42. The molecule has 0 radical (unpaired) electrons. The van der Waals surface area contributed by atoms with E-state index >= 15 is 0 Å². The van der Waals surface area contributed by atoms with Gasteiger partial charge in [0.25, 0.3) is 0 Å². The fourth-order valence-corrected chi connectivity index (χ4v) is 3.41. The molecular formula is C19H19N5O. The molecule has 0 bridgehead atoms. The Morgan fingerprint density at radius 3 is 2.96 bits per heavy atom. The molecule has 6 nitrogen and oxygen atoms in total. The van der Waals surface area contributed by atoms with Crippen molar-refractivity contribution >= 4 is 10.9 Å². The van der Waals surface area contributed by atoms with E-state index in [0.717, 1.165) is 47.1 Å². The van der Waals surface area contributed by atoms with Crippen LogP contribution in [-0.2, 0) is 0 Å². The van der Waals surface area contributed by atoms with E-state index in [2.05, 4.69) is 21.0 Å². The first-order valence-corrected chi connectivity index (χ1v) is 8.42. The van der Waals surface area contributed by atoms with Crippen molar-refractivity contribution < 1.29 is 4.74 Å². The third-order valence-corrected chi connectivity index (χ3v) is 4.72. The summed E-state index contributed by atoms with van der Waals surface area (Å²) in [5.74, 6) is 0.570. The molecule has 1 saturated carbocycles. The minimum Gasteiger partial charge on any atom is -0.473 e. The zero-order chi connectivity index (χ0) is 17.4. The normalized spacial score (nSPS) is 19.9. The smallest absolute Gasteiger partial charge is 0.235 e. The summed E-state index contributed by atoms with van der Waals surface area (Å²) in [5, 5.41) is 10.2. The van der Waals surface area contributed by atoms with Crippen LogP contribution in [0.4, 0.5) is 0 Å². The number of nitrogens with zero attached hydrogens (tertiary/aromatic N) is 3. The molecule has 1 fully saturated rings. The Balaban J connectivity index is 1.66. The van der Waals surface area contributed by atoms with Gasteiger partial charge in [0.1, 0.15) is 17.9 Å². The summed E-state index contributed by atoms with van der Waals surface area (Å²) >= 11 is 0. The fraction of sp³-hybridized carbons (Fsp3) is 0.316. The largest absolute Gasteiger partial charge is 0.473 e. The highest BCUT2D eigenvalue weighted by molar-refractivity contribution is 5.97. The summed E-state index contributed by atoms with van der Waals surface area (Å²) in [6.45, 7) is 1.90. The number of nitrogens with one attached hydrogen (secondary N) is 1. The zero-order valence-corrected chi connectivity index (χ0v) is 14.0. The molecule has 2 unspecified atom stereocenters. The number of rotatable bonds is 3. The number of hydrogen-bond donors (Lipinski definition) is 2. The third-order valence-electron chi connectivity index (χ3n) is 4.72. The minimum atomic E-state index is 0.125. The summed E-state index contributed by atoms with van der Waals surface area (Å²) in [6.07, 6.45) is 6.53. The Labute approximate surface area is 145 Å². The summed E-state index contributed by atoms with van der Waals surface area (Å²) in [4.78, 5) is 12.3. The van der Waals surface area contributed by atoms with E-state index in [9.17, 15) is 5.26 Å². The van der Waals surface area contributed by atoms with E-state index in [1.807, 2.05) is 25.3 Å². The molecule has 1 aliphatic rings. The van der Waals surface area contributed by atoms with Crippen molar-refractivity contribution in [2.45, 2.75) is 38.3 Å². The highest BCUT2D eigenvalue weighted by Crippen LogP contribution is 2.30. The van der Waals surface area contributed by atoms with Gasteiger partial charge in [-0.15, -0.1) is 0 Å². The predicted octanol–water partition coefficient (Wildman–Crippen LogP) is 3.06. The van der Waals surface area contributed by atoms with E-state index < -0.39 is 0 Å². The molecule has 3 N–H and O–H groups in total. The van der Waals surface area contributed by atoms with Crippen molar-refractivity contribution in [3.05, 3.63) is 41.9 Å². The molecule has 0 saturated heterocycles. The van der Waals surface area contributed by atoms with E-state index in [4.69, 9.17) is 10.5 Å². The van der Waals surface area contributed by atoms with Gasteiger partial charge in [0, 0.05) is 23.2 Å². The van der Waals surface area contributed by atoms with Crippen LogP contribution in [0.3, 0.4) is 0 Å². The number of ether oxygens (including phenoxy) is 1. The topological polar surface area (TPSA) is 101 Å². The number of nitriles is 1. The number of nitrogens with two attached hydrogens (primary N) is 1. The summed E-state index contributed by atoms with van der Waals surface area (Å²) < 4.78 is 5.97. The Morgan fingerprint density at radius 2 is 2.24 bits per heavy atom. The highest BCUT2D eigenvalue weighted by Gasteiger charge is 2.24. The van der Waals surface area contributed by atoms with Gasteiger partial charge in [0.05, 0.1) is 23.0 Å². The van der Waals surface area contributed by atoms with Crippen LogP contribution in [-0.4, -0.2) is 27.1 Å². The van der Waals surface area contributed by atoms with Crippen LogP contribution in [0.25, 0.3) is 22.2 Å². The zero-order valence-electron chi connectivity index (χ0n) is 14.0. The average molecular weight is 333 g/mol. The molecule has 25 heavy (non-hydrogen) atoms. The molecule has 126 valence electrons. The molecule has 1 aliphatic carbocycles. The van der Waals surface area contributed by atoms with Crippen molar-refractivity contribution in [1.82, 2.24) is 15.0 Å². The van der Waals surface area contributed by atoms with Crippen LogP contribution in [0.5, 0.6) is 5.88 Å². The molecule has 6 heteroatoms. The second-order valence-electron chi connectivity index (χ2n) is 6.50. The molecule has 1 aromatic carbocycles. The number of para-hydroxylation sites is 1. The number of benzene rings is 1. The number of aromatic nitrogens is 3. The maximum absolute atomic E-state index is 9.23. The molecule has 2 heterocycles. The maximum atomic E-state index is 9.23.